The van der Waals surface area contributed by atoms with E-state index in [-0.39, 0.29) is 37.0 Å². The Balaban J connectivity index is 1.63. The van der Waals surface area contributed by atoms with Gasteiger partial charge in [0.25, 0.3) is 0 Å². The summed E-state index contributed by atoms with van der Waals surface area (Å²) in [5.74, 6) is -0.998. The van der Waals surface area contributed by atoms with Gasteiger partial charge in [-0.1, -0.05) is 48.5 Å². The fraction of sp³-hybridized carbons (Fsp3) is 0.222. The number of methoxy groups -OCH3 is 1. The second-order valence-electron chi connectivity index (χ2n) is 8.44. The number of hydrogen-bond donors (Lipinski definition) is 1. The standard InChI is InChI=1S/C27H27N3O5/c1-28(15-19-8-4-3-5-9-19)17-25(31)30-18-26(32)29(16-21-10-6-7-11-24(21)35-2)22-13-12-20(27(33)34)14-23(22)30/h3-14H,15-18H2,1-2H3,(H,33,34). The molecule has 8 nitrogen and oxygen atoms in total. The van der Waals surface area contributed by atoms with Gasteiger partial charge in [-0.3, -0.25) is 19.4 Å². The van der Waals surface area contributed by atoms with Crippen LogP contribution in [-0.4, -0.2) is 55.0 Å². The van der Waals surface area contributed by atoms with Crippen molar-refractivity contribution in [2.45, 2.75) is 13.1 Å². The zero-order valence-electron chi connectivity index (χ0n) is 19.7. The molecule has 0 spiro atoms. The van der Waals surface area contributed by atoms with Crippen LogP contribution in [0, 0.1) is 0 Å². The first-order chi connectivity index (χ1) is 16.9. The summed E-state index contributed by atoms with van der Waals surface area (Å²) in [5.41, 5.74) is 2.80. The SMILES string of the molecule is COc1ccccc1CN1C(=O)CN(C(=O)CN(C)Cc2ccccc2)c2cc(C(=O)O)ccc21. The maximum atomic E-state index is 13.3. The molecule has 0 aromatic heterocycles. The van der Waals surface area contributed by atoms with Gasteiger partial charge in [0, 0.05) is 12.1 Å². The van der Waals surface area contributed by atoms with Crippen molar-refractivity contribution in [2.24, 2.45) is 0 Å². The largest absolute Gasteiger partial charge is 0.496 e. The summed E-state index contributed by atoms with van der Waals surface area (Å²) < 4.78 is 5.43. The Morgan fingerprint density at radius 1 is 1.00 bits per heavy atom. The Morgan fingerprint density at radius 3 is 2.43 bits per heavy atom. The van der Waals surface area contributed by atoms with E-state index in [1.54, 1.807) is 18.1 Å². The van der Waals surface area contributed by atoms with Crippen LogP contribution in [0.25, 0.3) is 0 Å². The lowest BCUT2D eigenvalue weighted by atomic mass is 10.1. The molecule has 180 valence electrons. The predicted octanol–water partition coefficient (Wildman–Crippen LogP) is 3.41. The quantitative estimate of drug-likeness (QED) is 0.539. The first-order valence-electron chi connectivity index (χ1n) is 11.2. The van der Waals surface area contributed by atoms with Crippen LogP contribution in [0.4, 0.5) is 11.4 Å². The highest BCUT2D eigenvalue weighted by Crippen LogP contribution is 2.36. The molecule has 3 aromatic carbocycles. The summed E-state index contributed by atoms with van der Waals surface area (Å²) in [4.78, 5) is 43.0. The Bertz CT molecular complexity index is 1240. The van der Waals surface area contributed by atoms with Gasteiger partial charge in [-0.15, -0.1) is 0 Å². The maximum Gasteiger partial charge on any atom is 0.335 e. The van der Waals surface area contributed by atoms with E-state index in [1.807, 2.05) is 66.5 Å². The molecule has 1 aliphatic heterocycles. The highest BCUT2D eigenvalue weighted by atomic mass is 16.5. The summed E-state index contributed by atoms with van der Waals surface area (Å²) in [6.07, 6.45) is 0. The van der Waals surface area contributed by atoms with Crippen molar-refractivity contribution in [1.29, 1.82) is 0 Å². The molecule has 0 radical (unpaired) electrons. The molecule has 1 aliphatic rings. The second kappa shape index (κ2) is 10.4. The summed E-state index contributed by atoms with van der Waals surface area (Å²) in [6.45, 7) is 0.698. The predicted molar refractivity (Wildman–Crippen MR) is 133 cm³/mol. The van der Waals surface area contributed by atoms with E-state index in [1.165, 1.54) is 17.0 Å². The number of hydrogen-bond acceptors (Lipinski definition) is 5. The topological polar surface area (TPSA) is 90.4 Å². The van der Waals surface area contributed by atoms with Crippen molar-refractivity contribution in [3.8, 4) is 5.75 Å². The lowest BCUT2D eigenvalue weighted by Crippen LogP contribution is -2.50. The van der Waals surface area contributed by atoms with Gasteiger partial charge in [0.1, 0.15) is 12.3 Å². The van der Waals surface area contributed by atoms with Gasteiger partial charge in [-0.2, -0.15) is 0 Å². The number of para-hydroxylation sites is 1. The van der Waals surface area contributed by atoms with Gasteiger partial charge in [-0.25, -0.2) is 4.79 Å². The van der Waals surface area contributed by atoms with Crippen LogP contribution in [0.15, 0.2) is 72.8 Å². The minimum Gasteiger partial charge on any atom is -0.496 e. The van der Waals surface area contributed by atoms with Crippen LogP contribution in [0.3, 0.4) is 0 Å². The van der Waals surface area contributed by atoms with E-state index in [0.717, 1.165) is 11.1 Å². The molecule has 0 atom stereocenters. The van der Waals surface area contributed by atoms with Crippen LogP contribution in [0.2, 0.25) is 0 Å². The molecule has 0 bridgehead atoms. The average Bonchev–Trinajstić information content (AvgIpc) is 2.85. The van der Waals surface area contributed by atoms with Crippen molar-refractivity contribution in [3.05, 3.63) is 89.5 Å². The Morgan fingerprint density at radius 2 is 1.71 bits per heavy atom. The molecule has 8 heteroatoms. The molecule has 0 fully saturated rings. The Kier molecular flexibility index (Phi) is 7.12. The van der Waals surface area contributed by atoms with Crippen molar-refractivity contribution < 1.29 is 24.2 Å². The second-order valence-corrected chi connectivity index (χ2v) is 8.44. The zero-order valence-corrected chi connectivity index (χ0v) is 19.7. The molecule has 3 aromatic rings. The van der Waals surface area contributed by atoms with Crippen LogP contribution in [-0.2, 0) is 22.7 Å². The van der Waals surface area contributed by atoms with E-state index < -0.39 is 5.97 Å². The fourth-order valence-electron chi connectivity index (χ4n) is 4.21. The lowest BCUT2D eigenvalue weighted by molar-refractivity contribution is -0.123. The number of ether oxygens (including phenoxy) is 1. The number of aromatic carboxylic acids is 1. The van der Waals surface area contributed by atoms with Crippen molar-refractivity contribution >= 4 is 29.2 Å². The van der Waals surface area contributed by atoms with Gasteiger partial charge >= 0.3 is 5.97 Å². The lowest BCUT2D eigenvalue weighted by Gasteiger charge is -2.37. The van der Waals surface area contributed by atoms with Gasteiger partial charge < -0.3 is 14.7 Å². The zero-order chi connectivity index (χ0) is 24.9. The van der Waals surface area contributed by atoms with E-state index in [9.17, 15) is 19.5 Å². The van der Waals surface area contributed by atoms with Gasteiger partial charge in [0.2, 0.25) is 11.8 Å². The maximum absolute atomic E-state index is 13.3. The summed E-state index contributed by atoms with van der Waals surface area (Å²) >= 11 is 0. The summed E-state index contributed by atoms with van der Waals surface area (Å²) in [7, 11) is 3.40. The Labute approximate surface area is 203 Å². The number of benzene rings is 3. The fourth-order valence-corrected chi connectivity index (χ4v) is 4.21. The summed E-state index contributed by atoms with van der Waals surface area (Å²) in [6, 6.07) is 21.6. The number of carboxylic acid groups (broad SMARTS) is 1. The summed E-state index contributed by atoms with van der Waals surface area (Å²) in [5, 5.41) is 9.53. The molecule has 0 aliphatic carbocycles. The minimum atomic E-state index is -1.10. The van der Waals surface area contributed by atoms with E-state index in [4.69, 9.17) is 4.74 Å². The molecule has 1 N–H and O–H groups in total. The number of carboxylic acids is 1. The monoisotopic (exact) mass is 473 g/mol. The smallest absolute Gasteiger partial charge is 0.335 e. The number of likely N-dealkylation sites (N-methyl/N-ethyl adjacent to an activating group) is 1. The highest BCUT2D eigenvalue weighted by Gasteiger charge is 2.34. The third kappa shape index (κ3) is 5.33. The third-order valence-electron chi connectivity index (χ3n) is 5.92. The third-order valence-corrected chi connectivity index (χ3v) is 5.92. The molecule has 0 unspecified atom stereocenters. The molecule has 0 saturated carbocycles. The first-order valence-corrected chi connectivity index (χ1v) is 11.2. The van der Waals surface area contributed by atoms with Crippen molar-refractivity contribution in [1.82, 2.24) is 4.90 Å². The number of nitrogens with zero attached hydrogens (tertiary/aromatic N) is 3. The molecule has 35 heavy (non-hydrogen) atoms. The van der Waals surface area contributed by atoms with Crippen molar-refractivity contribution in [3.63, 3.8) is 0 Å². The Hall–Kier alpha value is -4.17. The van der Waals surface area contributed by atoms with E-state index in [0.29, 0.717) is 23.7 Å². The van der Waals surface area contributed by atoms with Crippen LogP contribution < -0.4 is 14.5 Å². The molecule has 4 rings (SSSR count). The highest BCUT2D eigenvalue weighted by molar-refractivity contribution is 6.12. The van der Waals surface area contributed by atoms with E-state index >= 15 is 0 Å². The number of anilines is 2. The number of amides is 2. The molecular weight excluding hydrogens is 446 g/mol. The normalized spacial score (nSPS) is 13.1. The van der Waals surface area contributed by atoms with Gasteiger partial charge in [0.15, 0.2) is 0 Å². The van der Waals surface area contributed by atoms with Crippen LogP contribution >= 0.6 is 0 Å². The molecule has 0 saturated heterocycles. The number of carbonyl (C=O) groups excluding carboxylic acids is 2. The number of carbonyl (C=O) groups is 3. The average molecular weight is 474 g/mol. The number of rotatable bonds is 8. The van der Waals surface area contributed by atoms with Gasteiger partial charge in [-0.05, 0) is 36.9 Å². The molecular formula is C27H27N3O5. The first kappa shape index (κ1) is 24.0. The van der Waals surface area contributed by atoms with Gasteiger partial charge in [0.05, 0.1) is 37.1 Å². The van der Waals surface area contributed by atoms with Crippen LogP contribution in [0.1, 0.15) is 21.5 Å². The number of fused-ring (bicyclic) bond motifs is 1. The molecule has 1 heterocycles. The minimum absolute atomic E-state index is 0.0470. The van der Waals surface area contributed by atoms with Crippen LogP contribution in [0.5, 0.6) is 5.75 Å². The van der Waals surface area contributed by atoms with E-state index in [2.05, 4.69) is 0 Å². The van der Waals surface area contributed by atoms with Crippen molar-refractivity contribution in [2.75, 3.05) is 37.0 Å². The molecule has 2 amide bonds.